The van der Waals surface area contributed by atoms with Crippen LogP contribution in [-0.4, -0.2) is 29.5 Å². The fourth-order valence-electron chi connectivity index (χ4n) is 1.64. The van der Waals surface area contributed by atoms with Crippen molar-refractivity contribution in [2.24, 2.45) is 0 Å². The largest absolute Gasteiger partial charge is 0.370 e. The van der Waals surface area contributed by atoms with Gasteiger partial charge in [-0.2, -0.15) is 0 Å². The highest BCUT2D eigenvalue weighted by Gasteiger charge is 2.25. The third kappa shape index (κ3) is 3.61. The summed E-state index contributed by atoms with van der Waals surface area (Å²) in [6, 6.07) is 5.81. The van der Waals surface area contributed by atoms with Gasteiger partial charge in [0, 0.05) is 12.6 Å². The van der Waals surface area contributed by atoms with E-state index in [0.29, 0.717) is 11.9 Å². The summed E-state index contributed by atoms with van der Waals surface area (Å²) in [5, 5.41) is 9.22. The Balaban J connectivity index is 1.90. The molecule has 3 N–H and O–H groups in total. The maximum Gasteiger partial charge on any atom is 0.242 e. The third-order valence-electron chi connectivity index (χ3n) is 2.79. The highest BCUT2D eigenvalue weighted by molar-refractivity contribution is 5.84. The average molecular weight is 248 g/mol. The monoisotopic (exact) mass is 248 g/mol. The molecule has 1 aromatic heterocycles. The van der Waals surface area contributed by atoms with Gasteiger partial charge in [-0.15, -0.1) is 0 Å². The summed E-state index contributed by atoms with van der Waals surface area (Å²) in [7, 11) is 0. The molecule has 1 aliphatic carbocycles. The molecule has 0 bridgehead atoms. The van der Waals surface area contributed by atoms with Crippen molar-refractivity contribution in [2.45, 2.75) is 38.8 Å². The summed E-state index contributed by atoms with van der Waals surface area (Å²) < 4.78 is 0. The van der Waals surface area contributed by atoms with E-state index in [-0.39, 0.29) is 11.9 Å². The lowest BCUT2D eigenvalue weighted by atomic mass is 10.3. The van der Waals surface area contributed by atoms with Crippen molar-refractivity contribution in [1.82, 2.24) is 10.3 Å². The van der Waals surface area contributed by atoms with Crippen LogP contribution in [0.15, 0.2) is 18.2 Å². The van der Waals surface area contributed by atoms with E-state index in [9.17, 15) is 4.79 Å². The Morgan fingerprint density at radius 2 is 2.17 bits per heavy atom. The summed E-state index contributed by atoms with van der Waals surface area (Å²) >= 11 is 0. The maximum absolute atomic E-state index is 11.8. The summed E-state index contributed by atoms with van der Waals surface area (Å²) in [5.74, 6) is 1.57. The predicted octanol–water partition coefficient (Wildman–Crippen LogP) is 1.59. The van der Waals surface area contributed by atoms with Gasteiger partial charge in [0.15, 0.2) is 0 Å². The first-order chi connectivity index (χ1) is 8.69. The minimum atomic E-state index is -0.269. The van der Waals surface area contributed by atoms with E-state index in [2.05, 4.69) is 20.9 Å². The zero-order chi connectivity index (χ0) is 13.0. The molecule has 5 heteroatoms. The number of nitrogens with one attached hydrogen (secondary N) is 3. The van der Waals surface area contributed by atoms with Gasteiger partial charge in [-0.3, -0.25) is 4.79 Å². The number of carbonyl (C=O) groups excluding carboxylic acids is 1. The fraction of sp³-hybridized carbons (Fsp3) is 0.538. The fourth-order valence-corrected chi connectivity index (χ4v) is 1.64. The van der Waals surface area contributed by atoms with E-state index < -0.39 is 0 Å². The molecule has 0 radical (unpaired) electrons. The van der Waals surface area contributed by atoms with Crippen molar-refractivity contribution >= 4 is 17.5 Å². The molecule has 0 aromatic carbocycles. The van der Waals surface area contributed by atoms with E-state index in [0.717, 1.165) is 25.2 Å². The van der Waals surface area contributed by atoms with Crippen LogP contribution in [0.2, 0.25) is 0 Å². The van der Waals surface area contributed by atoms with Gasteiger partial charge in [0.1, 0.15) is 17.7 Å². The second-order valence-electron chi connectivity index (χ2n) is 4.59. The van der Waals surface area contributed by atoms with Crippen molar-refractivity contribution in [3.63, 3.8) is 0 Å². The Labute approximate surface area is 107 Å². The predicted molar refractivity (Wildman–Crippen MR) is 72.7 cm³/mol. The van der Waals surface area contributed by atoms with Gasteiger partial charge in [-0.1, -0.05) is 6.07 Å². The Bertz CT molecular complexity index is 417. The van der Waals surface area contributed by atoms with E-state index in [4.69, 9.17) is 0 Å². The third-order valence-corrected chi connectivity index (χ3v) is 2.79. The highest BCUT2D eigenvalue weighted by Crippen LogP contribution is 2.19. The normalized spacial score (nSPS) is 15.9. The number of nitrogens with zero attached hydrogens (tertiary/aromatic N) is 1. The highest BCUT2D eigenvalue weighted by atomic mass is 16.2. The molecule has 0 aliphatic heterocycles. The first kappa shape index (κ1) is 12.7. The van der Waals surface area contributed by atoms with Gasteiger partial charge in [-0.05, 0) is 38.8 Å². The molecule has 1 fully saturated rings. The molecule has 1 unspecified atom stereocenters. The molecule has 1 heterocycles. The molecule has 2 rings (SSSR count). The number of amides is 1. The topological polar surface area (TPSA) is 66.0 Å². The van der Waals surface area contributed by atoms with Gasteiger partial charge in [0.2, 0.25) is 5.91 Å². The minimum Gasteiger partial charge on any atom is -0.370 e. The number of aromatic nitrogens is 1. The van der Waals surface area contributed by atoms with Crippen LogP contribution in [0.25, 0.3) is 0 Å². The molecule has 1 aromatic rings. The van der Waals surface area contributed by atoms with Gasteiger partial charge < -0.3 is 16.0 Å². The molecule has 18 heavy (non-hydrogen) atoms. The van der Waals surface area contributed by atoms with Crippen molar-refractivity contribution in [1.29, 1.82) is 0 Å². The summed E-state index contributed by atoms with van der Waals surface area (Å²) in [5.41, 5.74) is 0. The number of hydrogen-bond acceptors (Lipinski definition) is 4. The standard InChI is InChI=1S/C13H20N4O/c1-3-14-11-5-4-6-12(17-11)15-9(2)13(18)16-10-7-8-10/h4-6,9-10H,3,7-8H2,1-2H3,(H,16,18)(H2,14,15,17). The van der Waals surface area contributed by atoms with E-state index in [1.807, 2.05) is 32.0 Å². The molecule has 0 saturated heterocycles. The number of anilines is 2. The summed E-state index contributed by atoms with van der Waals surface area (Å²) in [4.78, 5) is 16.2. The van der Waals surface area contributed by atoms with Crippen LogP contribution >= 0.6 is 0 Å². The van der Waals surface area contributed by atoms with Gasteiger partial charge >= 0.3 is 0 Å². The SMILES string of the molecule is CCNc1cccc(NC(C)C(=O)NC2CC2)n1. The zero-order valence-electron chi connectivity index (χ0n) is 10.9. The molecule has 1 amide bonds. The number of pyridine rings is 1. The average Bonchev–Trinajstić information content (AvgIpc) is 3.14. The van der Waals surface area contributed by atoms with Crippen LogP contribution in [0.3, 0.4) is 0 Å². The Morgan fingerprint density at radius 3 is 2.83 bits per heavy atom. The molecular formula is C13H20N4O. The lowest BCUT2D eigenvalue weighted by molar-refractivity contribution is -0.121. The Hall–Kier alpha value is -1.78. The molecular weight excluding hydrogens is 228 g/mol. The second-order valence-corrected chi connectivity index (χ2v) is 4.59. The number of rotatable bonds is 6. The van der Waals surface area contributed by atoms with E-state index in [1.54, 1.807) is 0 Å². The molecule has 1 atom stereocenters. The minimum absolute atomic E-state index is 0.0353. The van der Waals surface area contributed by atoms with Crippen LogP contribution in [0.1, 0.15) is 26.7 Å². The molecule has 1 saturated carbocycles. The van der Waals surface area contributed by atoms with Crippen LogP contribution in [-0.2, 0) is 4.79 Å². The van der Waals surface area contributed by atoms with Crippen molar-refractivity contribution < 1.29 is 4.79 Å². The zero-order valence-corrected chi connectivity index (χ0v) is 10.9. The molecule has 0 spiro atoms. The van der Waals surface area contributed by atoms with E-state index >= 15 is 0 Å². The first-order valence-electron chi connectivity index (χ1n) is 6.47. The van der Waals surface area contributed by atoms with Crippen LogP contribution < -0.4 is 16.0 Å². The van der Waals surface area contributed by atoms with Crippen LogP contribution in [0.5, 0.6) is 0 Å². The van der Waals surface area contributed by atoms with Crippen LogP contribution in [0.4, 0.5) is 11.6 Å². The molecule has 98 valence electrons. The number of carbonyl (C=O) groups is 1. The van der Waals surface area contributed by atoms with Crippen molar-refractivity contribution in [2.75, 3.05) is 17.2 Å². The maximum atomic E-state index is 11.8. The Kier molecular flexibility index (Phi) is 4.02. The molecule has 1 aliphatic rings. The quantitative estimate of drug-likeness (QED) is 0.715. The van der Waals surface area contributed by atoms with Crippen molar-refractivity contribution in [3.05, 3.63) is 18.2 Å². The summed E-state index contributed by atoms with van der Waals surface area (Å²) in [6.45, 7) is 4.70. The first-order valence-corrected chi connectivity index (χ1v) is 6.47. The van der Waals surface area contributed by atoms with Gasteiger partial charge in [0.05, 0.1) is 0 Å². The lowest BCUT2D eigenvalue weighted by Crippen LogP contribution is -2.38. The second kappa shape index (κ2) is 5.71. The molecule has 5 nitrogen and oxygen atoms in total. The van der Waals surface area contributed by atoms with E-state index in [1.165, 1.54) is 0 Å². The van der Waals surface area contributed by atoms with Gasteiger partial charge in [-0.25, -0.2) is 4.98 Å². The van der Waals surface area contributed by atoms with Gasteiger partial charge in [0.25, 0.3) is 0 Å². The summed E-state index contributed by atoms with van der Waals surface area (Å²) in [6.07, 6.45) is 2.21. The number of hydrogen-bond donors (Lipinski definition) is 3. The smallest absolute Gasteiger partial charge is 0.242 e. The Morgan fingerprint density at radius 1 is 1.44 bits per heavy atom. The lowest BCUT2D eigenvalue weighted by Gasteiger charge is -2.15. The van der Waals surface area contributed by atoms with Crippen LogP contribution in [0, 0.1) is 0 Å². The van der Waals surface area contributed by atoms with Crippen molar-refractivity contribution in [3.8, 4) is 0 Å².